The van der Waals surface area contributed by atoms with E-state index in [9.17, 15) is 9.90 Å². The van der Waals surface area contributed by atoms with Crippen LogP contribution >= 0.6 is 0 Å². The third kappa shape index (κ3) is 8.08. The average Bonchev–Trinajstić information content (AvgIpc) is 2.58. The molecule has 3 nitrogen and oxygen atoms in total. The quantitative estimate of drug-likeness (QED) is 0.284. The summed E-state index contributed by atoms with van der Waals surface area (Å²) in [7, 11) is 0. The van der Waals surface area contributed by atoms with Crippen LogP contribution in [0.15, 0.2) is 18.2 Å². The Labute approximate surface area is 172 Å². The molecule has 0 aliphatic carbocycles. The van der Waals surface area contributed by atoms with Crippen LogP contribution < -0.4 is 0 Å². The van der Waals surface area contributed by atoms with Crippen molar-refractivity contribution in [1.29, 1.82) is 0 Å². The van der Waals surface area contributed by atoms with Crippen molar-refractivity contribution in [3.8, 4) is 5.75 Å². The second-order valence-electron chi connectivity index (χ2n) is 9.73. The van der Waals surface area contributed by atoms with Crippen molar-refractivity contribution in [3.05, 3.63) is 34.9 Å². The van der Waals surface area contributed by atoms with Gasteiger partial charge in [0.15, 0.2) is 0 Å². The van der Waals surface area contributed by atoms with E-state index in [0.29, 0.717) is 12.4 Å². The molecule has 1 aromatic rings. The smallest absolute Gasteiger partial charge is 0.330 e. The van der Waals surface area contributed by atoms with Crippen molar-refractivity contribution in [2.75, 3.05) is 6.61 Å². The van der Waals surface area contributed by atoms with Crippen molar-refractivity contribution >= 4 is 12.0 Å². The number of hydrogen-bond acceptors (Lipinski definition) is 3. The summed E-state index contributed by atoms with van der Waals surface area (Å²) in [6, 6.07) is 3.92. The first kappa shape index (κ1) is 24.3. The van der Waals surface area contributed by atoms with E-state index >= 15 is 0 Å². The summed E-state index contributed by atoms with van der Waals surface area (Å²) in [5.41, 5.74) is 2.31. The molecule has 1 rings (SSSR count). The Morgan fingerprint density at radius 2 is 1.43 bits per heavy atom. The number of carbonyl (C=O) groups excluding carboxylic acids is 1. The molecule has 0 bridgehead atoms. The van der Waals surface area contributed by atoms with Crippen LogP contribution in [0, 0.1) is 0 Å². The number of hydrogen-bond donors (Lipinski definition) is 1. The fourth-order valence-corrected chi connectivity index (χ4v) is 3.16. The lowest BCUT2D eigenvalue weighted by atomic mass is 9.78. The van der Waals surface area contributed by atoms with Gasteiger partial charge in [0.25, 0.3) is 0 Å². The lowest BCUT2D eigenvalue weighted by Gasteiger charge is -2.27. The molecule has 28 heavy (non-hydrogen) atoms. The molecule has 0 unspecified atom stereocenters. The normalized spacial score (nSPS) is 12.5. The molecule has 0 atom stereocenters. The van der Waals surface area contributed by atoms with Gasteiger partial charge in [-0.3, -0.25) is 0 Å². The van der Waals surface area contributed by atoms with E-state index in [1.54, 1.807) is 6.08 Å². The number of unbranched alkanes of at least 4 members (excludes halogenated alkanes) is 5. The highest BCUT2D eigenvalue weighted by molar-refractivity contribution is 5.87. The number of aromatic hydroxyl groups is 1. The highest BCUT2D eigenvalue weighted by Gasteiger charge is 2.26. The van der Waals surface area contributed by atoms with Crippen molar-refractivity contribution < 1.29 is 14.6 Å². The van der Waals surface area contributed by atoms with Crippen LogP contribution in [0.25, 0.3) is 6.08 Å². The maximum absolute atomic E-state index is 12.0. The molecule has 1 aromatic carbocycles. The zero-order valence-electron chi connectivity index (χ0n) is 19.0. The zero-order valence-corrected chi connectivity index (χ0v) is 19.0. The first-order valence-electron chi connectivity index (χ1n) is 10.7. The van der Waals surface area contributed by atoms with Gasteiger partial charge in [0.2, 0.25) is 0 Å². The standard InChI is InChI=1S/C25H40O3/c1-8-9-10-11-12-13-16-28-22(26)15-14-19-17-20(24(2,3)4)23(27)21(18-19)25(5,6)7/h14-15,17-18,27H,8-13,16H2,1-7H3. The molecule has 1 N–H and O–H groups in total. The number of esters is 1. The third-order valence-corrected chi connectivity index (χ3v) is 4.90. The van der Waals surface area contributed by atoms with Crippen LogP contribution in [-0.4, -0.2) is 17.7 Å². The fraction of sp³-hybridized carbons (Fsp3) is 0.640. The topological polar surface area (TPSA) is 46.5 Å². The molecule has 158 valence electrons. The summed E-state index contributed by atoms with van der Waals surface area (Å²) in [5.74, 6) is 0.0408. The van der Waals surface area contributed by atoms with Crippen LogP contribution in [0.4, 0.5) is 0 Å². The Balaban J connectivity index is 2.78. The van der Waals surface area contributed by atoms with Gasteiger partial charge in [0.1, 0.15) is 5.75 Å². The molecule has 0 aliphatic rings. The molecular formula is C25H40O3. The number of phenols is 1. The van der Waals surface area contributed by atoms with Crippen LogP contribution in [0.3, 0.4) is 0 Å². The number of ether oxygens (including phenoxy) is 1. The van der Waals surface area contributed by atoms with Gasteiger partial charge in [0, 0.05) is 17.2 Å². The van der Waals surface area contributed by atoms with Gasteiger partial charge in [0.05, 0.1) is 6.61 Å². The Hall–Kier alpha value is -1.77. The number of carbonyl (C=O) groups is 1. The van der Waals surface area contributed by atoms with Crippen molar-refractivity contribution in [2.45, 2.75) is 97.8 Å². The Bertz CT molecular complexity index is 622. The molecule has 0 saturated heterocycles. The highest BCUT2D eigenvalue weighted by Crippen LogP contribution is 2.40. The first-order valence-corrected chi connectivity index (χ1v) is 10.7. The minimum absolute atomic E-state index is 0.188. The van der Waals surface area contributed by atoms with E-state index < -0.39 is 0 Å². The van der Waals surface area contributed by atoms with E-state index in [4.69, 9.17) is 4.74 Å². The first-order chi connectivity index (χ1) is 13.0. The lowest BCUT2D eigenvalue weighted by molar-refractivity contribution is -0.137. The van der Waals surface area contributed by atoms with Crippen molar-refractivity contribution in [2.24, 2.45) is 0 Å². The van der Waals surface area contributed by atoms with Crippen LogP contribution in [0.1, 0.15) is 104 Å². The summed E-state index contributed by atoms with van der Waals surface area (Å²) < 4.78 is 5.31. The van der Waals surface area contributed by atoms with Gasteiger partial charge in [-0.1, -0.05) is 80.6 Å². The van der Waals surface area contributed by atoms with Gasteiger partial charge in [-0.25, -0.2) is 4.79 Å². The summed E-state index contributed by atoms with van der Waals surface area (Å²) >= 11 is 0. The Morgan fingerprint density at radius 1 is 0.929 bits per heavy atom. The zero-order chi connectivity index (χ0) is 21.4. The largest absolute Gasteiger partial charge is 0.507 e. The van der Waals surface area contributed by atoms with Crippen LogP contribution in [0.5, 0.6) is 5.75 Å². The van der Waals surface area contributed by atoms with E-state index in [0.717, 1.165) is 29.5 Å². The molecule has 3 heteroatoms. The van der Waals surface area contributed by atoms with Gasteiger partial charge >= 0.3 is 5.97 Å². The van der Waals surface area contributed by atoms with E-state index in [2.05, 4.69) is 48.5 Å². The minimum atomic E-state index is -0.309. The van der Waals surface area contributed by atoms with E-state index in [1.165, 1.54) is 31.8 Å². The Morgan fingerprint density at radius 3 is 1.93 bits per heavy atom. The van der Waals surface area contributed by atoms with Gasteiger partial charge in [-0.2, -0.15) is 0 Å². The monoisotopic (exact) mass is 388 g/mol. The van der Waals surface area contributed by atoms with Crippen LogP contribution in [0.2, 0.25) is 0 Å². The molecule has 0 saturated carbocycles. The molecule has 0 heterocycles. The maximum atomic E-state index is 12.0. The minimum Gasteiger partial charge on any atom is -0.507 e. The molecule has 0 amide bonds. The second kappa shape index (κ2) is 10.7. The Kier molecular flexibility index (Phi) is 9.26. The van der Waals surface area contributed by atoms with E-state index in [1.807, 2.05) is 12.1 Å². The average molecular weight is 389 g/mol. The fourth-order valence-electron chi connectivity index (χ4n) is 3.16. The molecule has 0 aromatic heterocycles. The van der Waals surface area contributed by atoms with Crippen LogP contribution in [-0.2, 0) is 20.4 Å². The summed E-state index contributed by atoms with van der Waals surface area (Å²) in [6.07, 6.45) is 10.3. The predicted octanol–water partition coefficient (Wildman–Crippen LogP) is 6.90. The molecular weight excluding hydrogens is 348 g/mol. The summed E-state index contributed by atoms with van der Waals surface area (Å²) in [4.78, 5) is 12.0. The van der Waals surface area contributed by atoms with Crippen molar-refractivity contribution in [1.82, 2.24) is 0 Å². The predicted molar refractivity (Wildman–Crippen MR) is 119 cm³/mol. The molecule has 0 spiro atoms. The molecule has 0 radical (unpaired) electrons. The molecule has 0 fully saturated rings. The van der Waals surface area contributed by atoms with Gasteiger partial charge in [-0.15, -0.1) is 0 Å². The SMILES string of the molecule is CCCCCCCCOC(=O)C=Cc1cc(C(C)(C)C)c(O)c(C(C)(C)C)c1. The summed E-state index contributed by atoms with van der Waals surface area (Å²) in [5, 5.41) is 10.8. The van der Waals surface area contributed by atoms with Gasteiger partial charge < -0.3 is 9.84 Å². The number of rotatable bonds is 9. The maximum Gasteiger partial charge on any atom is 0.330 e. The van der Waals surface area contributed by atoms with Gasteiger partial charge in [-0.05, 0) is 41.0 Å². The molecule has 0 aliphatic heterocycles. The number of benzene rings is 1. The highest BCUT2D eigenvalue weighted by atomic mass is 16.5. The van der Waals surface area contributed by atoms with Crippen molar-refractivity contribution in [3.63, 3.8) is 0 Å². The summed E-state index contributed by atoms with van der Waals surface area (Å²) in [6.45, 7) is 15.2. The van der Waals surface area contributed by atoms with E-state index in [-0.39, 0.29) is 16.8 Å². The number of phenolic OH excluding ortho intramolecular Hbond substituents is 1. The third-order valence-electron chi connectivity index (χ3n) is 4.90. The second-order valence-corrected chi connectivity index (χ2v) is 9.73. The lowest BCUT2D eigenvalue weighted by Crippen LogP contribution is -2.17.